The van der Waals surface area contributed by atoms with Gasteiger partial charge in [-0.2, -0.15) is 0 Å². The van der Waals surface area contributed by atoms with E-state index in [1.807, 2.05) is 0 Å². The highest BCUT2D eigenvalue weighted by Gasteiger charge is 2.50. The second-order valence-electron chi connectivity index (χ2n) is 4.97. The van der Waals surface area contributed by atoms with E-state index >= 15 is 0 Å². The molecule has 0 bridgehead atoms. The molecule has 1 spiro atoms. The highest BCUT2D eigenvalue weighted by molar-refractivity contribution is 5.02. The topological polar surface area (TPSA) is 20.2 Å². The van der Waals surface area contributed by atoms with E-state index in [-0.39, 0.29) is 5.60 Å². The average Bonchev–Trinajstić information content (AvgIpc) is 2.30. The fourth-order valence-corrected chi connectivity index (χ4v) is 3.32. The lowest BCUT2D eigenvalue weighted by atomic mass is 9.66. The van der Waals surface area contributed by atoms with Gasteiger partial charge in [0.15, 0.2) is 0 Å². The Morgan fingerprint density at radius 2 is 1.42 bits per heavy atom. The Balaban J connectivity index is 2.17. The molecule has 2 saturated carbocycles. The van der Waals surface area contributed by atoms with Crippen LogP contribution in [0.1, 0.15) is 58.3 Å². The van der Waals surface area contributed by atoms with Gasteiger partial charge in [-0.1, -0.05) is 19.3 Å². The molecule has 2 aliphatic carbocycles. The molecular weight excluding hydrogens is 148 g/mol. The molecule has 2 rings (SSSR count). The predicted molar refractivity (Wildman–Crippen MR) is 50.0 cm³/mol. The highest BCUT2D eigenvalue weighted by Crippen LogP contribution is 2.54. The minimum absolute atomic E-state index is 0.325. The summed E-state index contributed by atoms with van der Waals surface area (Å²) >= 11 is 0. The third-order valence-electron chi connectivity index (χ3n) is 4.27. The Kier molecular flexibility index (Phi) is 1.95. The fourth-order valence-electron chi connectivity index (χ4n) is 3.32. The van der Waals surface area contributed by atoms with Crippen LogP contribution in [0.25, 0.3) is 0 Å². The van der Waals surface area contributed by atoms with E-state index in [0.29, 0.717) is 5.41 Å². The molecule has 0 aromatic carbocycles. The summed E-state index contributed by atoms with van der Waals surface area (Å²) in [4.78, 5) is 0. The van der Waals surface area contributed by atoms with Crippen LogP contribution in [0.4, 0.5) is 0 Å². The summed E-state index contributed by atoms with van der Waals surface area (Å²) in [6.07, 6.45) is 10.2. The van der Waals surface area contributed by atoms with Crippen LogP contribution < -0.4 is 0 Å². The minimum Gasteiger partial charge on any atom is -0.390 e. The molecule has 1 heteroatoms. The number of rotatable bonds is 0. The Labute approximate surface area is 75.2 Å². The van der Waals surface area contributed by atoms with Crippen LogP contribution in [0.5, 0.6) is 0 Å². The monoisotopic (exact) mass is 168 g/mol. The highest BCUT2D eigenvalue weighted by atomic mass is 16.3. The molecular formula is C11H20O. The quantitative estimate of drug-likeness (QED) is 0.589. The van der Waals surface area contributed by atoms with Crippen LogP contribution in [-0.4, -0.2) is 10.7 Å². The molecule has 1 atom stereocenters. The van der Waals surface area contributed by atoms with Crippen molar-refractivity contribution < 1.29 is 5.11 Å². The maximum Gasteiger partial charge on any atom is 0.0675 e. The van der Waals surface area contributed by atoms with Crippen LogP contribution in [-0.2, 0) is 0 Å². The normalized spacial score (nSPS) is 40.5. The van der Waals surface area contributed by atoms with Crippen LogP contribution in [0, 0.1) is 5.41 Å². The van der Waals surface area contributed by atoms with Gasteiger partial charge in [0.2, 0.25) is 0 Å². The standard InChI is InChI=1S/C11H20O/c1-10(12)6-5-9-11(10)7-3-2-4-8-11/h12H,2-9H2,1H3/t10-/m0/s1. The van der Waals surface area contributed by atoms with Crippen LogP contribution in [0.3, 0.4) is 0 Å². The molecule has 0 heterocycles. The SMILES string of the molecule is C[C@]1(O)CCCC12CCCCC2. The molecule has 0 aliphatic heterocycles. The van der Waals surface area contributed by atoms with Gasteiger partial charge in [0, 0.05) is 0 Å². The van der Waals surface area contributed by atoms with Crippen molar-refractivity contribution in [2.45, 2.75) is 63.9 Å². The molecule has 0 aromatic rings. The first-order valence-corrected chi connectivity index (χ1v) is 5.39. The van der Waals surface area contributed by atoms with E-state index < -0.39 is 0 Å². The van der Waals surface area contributed by atoms with Crippen LogP contribution >= 0.6 is 0 Å². The van der Waals surface area contributed by atoms with Crippen molar-refractivity contribution >= 4 is 0 Å². The maximum absolute atomic E-state index is 10.3. The molecule has 70 valence electrons. The molecule has 2 aliphatic rings. The summed E-state index contributed by atoms with van der Waals surface area (Å²) in [6, 6.07) is 0. The molecule has 0 aromatic heterocycles. The van der Waals surface area contributed by atoms with Gasteiger partial charge in [0.25, 0.3) is 0 Å². The molecule has 0 unspecified atom stereocenters. The third-order valence-corrected chi connectivity index (χ3v) is 4.27. The molecule has 12 heavy (non-hydrogen) atoms. The van der Waals surface area contributed by atoms with Gasteiger partial charge in [-0.25, -0.2) is 0 Å². The number of aliphatic hydroxyl groups is 1. The third kappa shape index (κ3) is 1.10. The van der Waals surface area contributed by atoms with Crippen molar-refractivity contribution in [2.24, 2.45) is 5.41 Å². The smallest absolute Gasteiger partial charge is 0.0675 e. The first-order chi connectivity index (χ1) is 5.66. The zero-order chi connectivity index (χ0) is 8.66. The number of hydrogen-bond donors (Lipinski definition) is 1. The summed E-state index contributed by atoms with van der Waals surface area (Å²) < 4.78 is 0. The zero-order valence-electron chi connectivity index (χ0n) is 8.10. The largest absolute Gasteiger partial charge is 0.390 e. The van der Waals surface area contributed by atoms with E-state index in [1.165, 1.54) is 44.9 Å². The van der Waals surface area contributed by atoms with Crippen molar-refractivity contribution in [1.29, 1.82) is 0 Å². The van der Waals surface area contributed by atoms with Gasteiger partial charge in [-0.05, 0) is 44.4 Å². The lowest BCUT2D eigenvalue weighted by molar-refractivity contribution is -0.0655. The van der Waals surface area contributed by atoms with Gasteiger partial charge in [0.05, 0.1) is 5.60 Å². The summed E-state index contributed by atoms with van der Waals surface area (Å²) in [5.74, 6) is 0. The average molecular weight is 168 g/mol. The van der Waals surface area contributed by atoms with Crippen molar-refractivity contribution in [2.75, 3.05) is 0 Å². The van der Waals surface area contributed by atoms with E-state index in [0.717, 1.165) is 6.42 Å². The van der Waals surface area contributed by atoms with Crippen molar-refractivity contribution in [1.82, 2.24) is 0 Å². The second-order valence-corrected chi connectivity index (χ2v) is 4.97. The van der Waals surface area contributed by atoms with Crippen molar-refractivity contribution in [3.63, 3.8) is 0 Å². The zero-order valence-corrected chi connectivity index (χ0v) is 8.10. The first-order valence-electron chi connectivity index (χ1n) is 5.39. The number of hydrogen-bond acceptors (Lipinski definition) is 1. The first kappa shape index (κ1) is 8.55. The van der Waals surface area contributed by atoms with E-state index in [9.17, 15) is 5.11 Å². The van der Waals surface area contributed by atoms with E-state index in [1.54, 1.807) is 0 Å². The van der Waals surface area contributed by atoms with Crippen molar-refractivity contribution in [3.05, 3.63) is 0 Å². The Morgan fingerprint density at radius 1 is 0.833 bits per heavy atom. The van der Waals surface area contributed by atoms with Gasteiger partial charge < -0.3 is 5.11 Å². The molecule has 0 saturated heterocycles. The minimum atomic E-state index is -0.340. The van der Waals surface area contributed by atoms with E-state index in [4.69, 9.17) is 0 Å². The lowest BCUT2D eigenvalue weighted by Crippen LogP contribution is -2.42. The summed E-state index contributed by atoms with van der Waals surface area (Å²) in [5.41, 5.74) is -0.0152. The molecule has 0 radical (unpaired) electrons. The predicted octanol–water partition coefficient (Wildman–Crippen LogP) is 2.87. The van der Waals surface area contributed by atoms with Gasteiger partial charge >= 0.3 is 0 Å². The Morgan fingerprint density at radius 3 is 1.92 bits per heavy atom. The molecule has 1 nitrogen and oxygen atoms in total. The molecule has 0 amide bonds. The molecule has 2 fully saturated rings. The fraction of sp³-hybridized carbons (Fsp3) is 1.00. The van der Waals surface area contributed by atoms with E-state index in [2.05, 4.69) is 6.92 Å². The summed E-state index contributed by atoms with van der Waals surface area (Å²) in [6.45, 7) is 2.06. The Bertz CT molecular complexity index is 166. The summed E-state index contributed by atoms with van der Waals surface area (Å²) in [5, 5.41) is 10.3. The van der Waals surface area contributed by atoms with Crippen LogP contribution in [0.15, 0.2) is 0 Å². The van der Waals surface area contributed by atoms with Gasteiger partial charge in [0.1, 0.15) is 0 Å². The van der Waals surface area contributed by atoms with Gasteiger partial charge in [-0.15, -0.1) is 0 Å². The molecule has 1 N–H and O–H groups in total. The summed E-state index contributed by atoms with van der Waals surface area (Å²) in [7, 11) is 0. The maximum atomic E-state index is 10.3. The van der Waals surface area contributed by atoms with Crippen LogP contribution in [0.2, 0.25) is 0 Å². The van der Waals surface area contributed by atoms with Gasteiger partial charge in [-0.3, -0.25) is 0 Å². The second kappa shape index (κ2) is 2.73. The lowest BCUT2D eigenvalue weighted by Gasteiger charge is -2.43. The van der Waals surface area contributed by atoms with Crippen molar-refractivity contribution in [3.8, 4) is 0 Å². The Hall–Kier alpha value is -0.0400.